The maximum Gasteiger partial charge on any atom is 0.252 e. The minimum atomic E-state index is 0.0482. The van der Waals surface area contributed by atoms with Gasteiger partial charge in [-0.3, -0.25) is 0 Å². The van der Waals surface area contributed by atoms with Crippen LogP contribution in [-0.2, 0) is 0 Å². The van der Waals surface area contributed by atoms with Crippen molar-refractivity contribution in [2.75, 3.05) is 14.7 Å². The van der Waals surface area contributed by atoms with E-state index in [2.05, 4.69) is 226 Å². The van der Waals surface area contributed by atoms with Gasteiger partial charge in [0.15, 0.2) is 0 Å². The van der Waals surface area contributed by atoms with Crippen molar-refractivity contribution in [2.45, 2.75) is 41.5 Å². The van der Waals surface area contributed by atoms with Crippen LogP contribution < -0.4 is 31.1 Å². The van der Waals surface area contributed by atoms with Crippen molar-refractivity contribution in [1.82, 2.24) is 0 Å². The van der Waals surface area contributed by atoms with Crippen LogP contribution in [0.2, 0.25) is 0 Å². The molecule has 0 amide bonds. The Labute approximate surface area is 343 Å². The minimum absolute atomic E-state index is 0.0482. The van der Waals surface area contributed by atoms with Crippen LogP contribution >= 0.6 is 0 Å². The summed E-state index contributed by atoms with van der Waals surface area (Å²) in [5.74, 6) is 0. The molecule has 0 aliphatic carbocycles. The summed E-state index contributed by atoms with van der Waals surface area (Å²) in [6, 6.07) is 63.5. The smallest absolute Gasteiger partial charge is 0.252 e. The van der Waals surface area contributed by atoms with Crippen LogP contribution in [0.3, 0.4) is 0 Å². The van der Waals surface area contributed by atoms with Crippen molar-refractivity contribution in [2.24, 2.45) is 0 Å². The van der Waals surface area contributed by atoms with Crippen molar-refractivity contribution >= 4 is 74.3 Å². The highest BCUT2D eigenvalue weighted by Gasteiger charge is 2.44. The summed E-state index contributed by atoms with van der Waals surface area (Å²) >= 11 is 0. The van der Waals surface area contributed by atoms with Gasteiger partial charge in [0.2, 0.25) is 0 Å². The van der Waals surface area contributed by atoms with Crippen molar-refractivity contribution in [3.8, 4) is 11.1 Å². The maximum absolute atomic E-state index is 2.53. The summed E-state index contributed by atoms with van der Waals surface area (Å²) in [6.45, 7) is 13.3. The van der Waals surface area contributed by atoms with Crippen molar-refractivity contribution in [1.29, 1.82) is 0 Å². The highest BCUT2D eigenvalue weighted by molar-refractivity contribution is 7.00. The molecule has 0 radical (unpaired) electrons. The van der Waals surface area contributed by atoms with Crippen molar-refractivity contribution < 1.29 is 0 Å². The molecule has 0 N–H and O–H groups in total. The van der Waals surface area contributed by atoms with Crippen LogP contribution in [0.5, 0.6) is 0 Å². The number of fused-ring (bicyclic) bond motifs is 4. The lowest BCUT2D eigenvalue weighted by molar-refractivity contribution is 1.20. The minimum Gasteiger partial charge on any atom is -0.311 e. The lowest BCUT2D eigenvalue weighted by atomic mass is 9.33. The SMILES string of the molecule is Cc1cccc(N2c3cc(C)ccc3B3c4ccc(C)cc4N(c4cccc(C)c4)c4cc(N(c5ccc(-c6ccccc6)cc5)c5ccc(C)cc5C)cc2c43)c1. The predicted octanol–water partition coefficient (Wildman–Crippen LogP) is 12.8. The third kappa shape index (κ3) is 5.99. The quantitative estimate of drug-likeness (QED) is 0.157. The first-order chi connectivity index (χ1) is 28.2. The number of hydrogen-bond donors (Lipinski definition) is 0. The molecule has 4 heteroatoms. The van der Waals surface area contributed by atoms with Gasteiger partial charge < -0.3 is 14.7 Å². The molecular formula is C54H46BN3. The van der Waals surface area contributed by atoms with Crippen LogP contribution in [-0.4, -0.2) is 6.71 Å². The van der Waals surface area contributed by atoms with Crippen LogP contribution in [0, 0.1) is 41.5 Å². The van der Waals surface area contributed by atoms with Gasteiger partial charge in [0, 0.05) is 45.5 Å². The van der Waals surface area contributed by atoms with E-state index in [1.54, 1.807) is 0 Å². The normalized spacial score (nSPS) is 12.6. The fraction of sp³-hybridized carbons (Fsp3) is 0.111. The van der Waals surface area contributed by atoms with Gasteiger partial charge in [0.25, 0.3) is 6.71 Å². The van der Waals surface area contributed by atoms with Crippen LogP contribution in [0.15, 0.2) is 170 Å². The Kier molecular flexibility index (Phi) is 8.60. The molecule has 2 heterocycles. The second-order valence-corrected chi connectivity index (χ2v) is 16.3. The Morgan fingerprint density at radius 3 is 1.41 bits per heavy atom. The molecule has 2 aliphatic rings. The second kappa shape index (κ2) is 14.0. The topological polar surface area (TPSA) is 9.72 Å². The number of rotatable bonds is 6. The Morgan fingerprint density at radius 2 is 0.879 bits per heavy atom. The largest absolute Gasteiger partial charge is 0.311 e. The molecule has 0 unspecified atom stereocenters. The van der Waals surface area contributed by atoms with E-state index < -0.39 is 0 Å². The Morgan fingerprint density at radius 1 is 0.379 bits per heavy atom. The first-order valence-electron chi connectivity index (χ1n) is 20.4. The number of nitrogens with zero attached hydrogens (tertiary/aromatic N) is 3. The Hall–Kier alpha value is -6.78. The number of aryl methyl sites for hydroxylation is 6. The van der Waals surface area contributed by atoms with Gasteiger partial charge in [-0.05, 0) is 164 Å². The molecule has 8 aromatic rings. The molecule has 3 nitrogen and oxygen atoms in total. The van der Waals surface area contributed by atoms with Gasteiger partial charge in [0.05, 0.1) is 5.69 Å². The van der Waals surface area contributed by atoms with E-state index in [-0.39, 0.29) is 6.71 Å². The summed E-state index contributed by atoms with van der Waals surface area (Å²) in [5.41, 5.74) is 24.3. The first kappa shape index (κ1) is 35.6. The zero-order valence-electron chi connectivity index (χ0n) is 34.1. The standard InChI is InChI=1S/C54H46BN3/c1-35-12-10-16-44(29-35)57-50-31-38(4)18-25-47(50)55-48-26-19-39(5)32-51(48)58(45-17-11-13-36(2)30-45)53-34-46(33-52(57)54(53)55)56(49-27-20-37(3)28-40(49)6)43-23-21-42(22-24-43)41-14-8-7-9-15-41/h7-34H,1-6H3. The molecule has 0 bridgehead atoms. The van der Waals surface area contributed by atoms with E-state index in [1.165, 1.54) is 83.6 Å². The maximum atomic E-state index is 2.53. The van der Waals surface area contributed by atoms with Crippen LogP contribution in [0.4, 0.5) is 51.2 Å². The average molecular weight is 748 g/mol. The third-order valence-corrected chi connectivity index (χ3v) is 12.0. The molecule has 0 saturated carbocycles. The van der Waals surface area contributed by atoms with Crippen molar-refractivity contribution in [3.05, 3.63) is 203 Å². The van der Waals surface area contributed by atoms with Gasteiger partial charge in [-0.2, -0.15) is 0 Å². The average Bonchev–Trinajstić information content (AvgIpc) is 3.22. The fourth-order valence-corrected chi connectivity index (χ4v) is 9.33. The van der Waals surface area contributed by atoms with Crippen LogP contribution in [0.25, 0.3) is 11.1 Å². The lowest BCUT2D eigenvalue weighted by Gasteiger charge is -2.45. The van der Waals surface area contributed by atoms with E-state index in [0.717, 1.165) is 28.4 Å². The number of hydrogen-bond acceptors (Lipinski definition) is 3. The van der Waals surface area contributed by atoms with Crippen molar-refractivity contribution in [3.63, 3.8) is 0 Å². The van der Waals surface area contributed by atoms with E-state index in [9.17, 15) is 0 Å². The summed E-state index contributed by atoms with van der Waals surface area (Å²) in [6.07, 6.45) is 0. The van der Waals surface area contributed by atoms with E-state index in [1.807, 2.05) is 0 Å². The van der Waals surface area contributed by atoms with Gasteiger partial charge in [-0.15, -0.1) is 0 Å². The number of anilines is 9. The molecule has 2 aliphatic heterocycles. The predicted molar refractivity (Wildman–Crippen MR) is 249 cm³/mol. The van der Waals surface area contributed by atoms with E-state index in [4.69, 9.17) is 0 Å². The summed E-state index contributed by atoms with van der Waals surface area (Å²) in [7, 11) is 0. The molecule has 0 atom stereocenters. The van der Waals surface area contributed by atoms with Gasteiger partial charge >= 0.3 is 0 Å². The highest BCUT2D eigenvalue weighted by Crippen LogP contribution is 2.49. The summed E-state index contributed by atoms with van der Waals surface area (Å²) in [5, 5.41) is 0. The van der Waals surface area contributed by atoms with Gasteiger partial charge in [-0.25, -0.2) is 0 Å². The first-order valence-corrected chi connectivity index (χ1v) is 20.4. The Balaban J connectivity index is 1.31. The molecule has 10 rings (SSSR count). The molecule has 0 aromatic heterocycles. The second-order valence-electron chi connectivity index (χ2n) is 16.3. The zero-order chi connectivity index (χ0) is 39.7. The molecule has 58 heavy (non-hydrogen) atoms. The van der Waals surface area contributed by atoms with Gasteiger partial charge in [0.1, 0.15) is 0 Å². The lowest BCUT2D eigenvalue weighted by Crippen LogP contribution is -2.61. The van der Waals surface area contributed by atoms with E-state index in [0.29, 0.717) is 0 Å². The van der Waals surface area contributed by atoms with E-state index >= 15 is 0 Å². The molecule has 8 aromatic carbocycles. The fourth-order valence-electron chi connectivity index (χ4n) is 9.33. The molecule has 0 saturated heterocycles. The number of benzene rings is 8. The third-order valence-electron chi connectivity index (χ3n) is 12.0. The zero-order valence-corrected chi connectivity index (χ0v) is 34.1. The van der Waals surface area contributed by atoms with Crippen LogP contribution in [0.1, 0.15) is 33.4 Å². The molecule has 0 spiro atoms. The monoisotopic (exact) mass is 747 g/mol. The molecule has 280 valence electrons. The summed E-state index contributed by atoms with van der Waals surface area (Å²) < 4.78 is 0. The molecular weight excluding hydrogens is 701 g/mol. The Bertz CT molecular complexity index is 2750. The van der Waals surface area contributed by atoms with Gasteiger partial charge in [-0.1, -0.05) is 109 Å². The highest BCUT2D eigenvalue weighted by atomic mass is 15.2. The summed E-state index contributed by atoms with van der Waals surface area (Å²) in [4.78, 5) is 7.52. The molecule has 0 fully saturated rings.